The Morgan fingerprint density at radius 3 is 2.80 bits per heavy atom. The molecule has 1 aromatic rings. The van der Waals surface area contributed by atoms with Crippen LogP contribution in [0.4, 0.5) is 0 Å². The number of nitrogens with one attached hydrogen (secondary N) is 2. The molecule has 2 fully saturated rings. The second kappa shape index (κ2) is 7.74. The Morgan fingerprint density at radius 2 is 2.12 bits per heavy atom. The van der Waals surface area contributed by atoms with E-state index in [1.807, 2.05) is 23.1 Å². The van der Waals surface area contributed by atoms with E-state index in [4.69, 9.17) is 9.47 Å². The summed E-state index contributed by atoms with van der Waals surface area (Å²) < 4.78 is 10.7. The van der Waals surface area contributed by atoms with Crippen molar-refractivity contribution in [1.82, 2.24) is 15.5 Å². The molecule has 1 saturated heterocycles. The minimum atomic E-state index is -0.459. The normalized spacial score (nSPS) is 20.7. The smallest absolute Gasteiger partial charge is 0.237 e. The summed E-state index contributed by atoms with van der Waals surface area (Å²) in [5, 5.41) is 5.81. The summed E-state index contributed by atoms with van der Waals surface area (Å²) in [6.07, 6.45) is 2.26. The molecular formula is C18H25N3O4. The molecule has 0 aromatic heterocycles. The Kier molecular flexibility index (Phi) is 5.43. The summed E-state index contributed by atoms with van der Waals surface area (Å²) in [6.45, 7) is 1.82. The standard InChI is InChI=1S/C18H25N3O4/c1-24-14-6-3-12(16(9-14)25-2)11-21-8-7-19-18(23)15(21)10-17(22)20-13-4-5-13/h3,6,9,13,15H,4-5,7-8,10-11H2,1-2H3,(H,19,23)(H,20,22). The zero-order chi connectivity index (χ0) is 17.8. The third-order valence-corrected chi connectivity index (χ3v) is 4.63. The Labute approximate surface area is 147 Å². The minimum absolute atomic E-state index is 0.0590. The number of hydrogen-bond acceptors (Lipinski definition) is 5. The van der Waals surface area contributed by atoms with Gasteiger partial charge in [-0.25, -0.2) is 0 Å². The highest BCUT2D eigenvalue weighted by Gasteiger charge is 2.33. The fraction of sp³-hybridized carbons (Fsp3) is 0.556. The van der Waals surface area contributed by atoms with Crippen molar-refractivity contribution in [2.45, 2.75) is 37.9 Å². The van der Waals surface area contributed by atoms with Gasteiger partial charge in [0.15, 0.2) is 0 Å². The highest BCUT2D eigenvalue weighted by Crippen LogP contribution is 2.27. The van der Waals surface area contributed by atoms with Crippen molar-refractivity contribution in [2.24, 2.45) is 0 Å². The molecule has 2 amide bonds. The molecule has 1 aliphatic carbocycles. The van der Waals surface area contributed by atoms with Crippen molar-refractivity contribution in [3.63, 3.8) is 0 Å². The van der Waals surface area contributed by atoms with Crippen LogP contribution in [0.15, 0.2) is 18.2 Å². The number of ether oxygens (including phenoxy) is 2. The van der Waals surface area contributed by atoms with E-state index in [9.17, 15) is 9.59 Å². The molecule has 0 bridgehead atoms. The number of piperazine rings is 1. The van der Waals surface area contributed by atoms with Crippen LogP contribution < -0.4 is 20.1 Å². The molecular weight excluding hydrogens is 322 g/mol. The van der Waals surface area contributed by atoms with E-state index in [1.165, 1.54) is 0 Å². The van der Waals surface area contributed by atoms with Gasteiger partial charge in [0, 0.05) is 37.3 Å². The maximum Gasteiger partial charge on any atom is 0.237 e. The molecule has 0 spiro atoms. The number of methoxy groups -OCH3 is 2. The van der Waals surface area contributed by atoms with Crippen molar-refractivity contribution in [1.29, 1.82) is 0 Å². The van der Waals surface area contributed by atoms with Gasteiger partial charge in [-0.3, -0.25) is 14.5 Å². The van der Waals surface area contributed by atoms with E-state index in [2.05, 4.69) is 10.6 Å². The summed E-state index contributed by atoms with van der Waals surface area (Å²) in [4.78, 5) is 26.5. The number of carbonyl (C=O) groups excluding carboxylic acids is 2. The van der Waals surface area contributed by atoms with E-state index < -0.39 is 6.04 Å². The SMILES string of the molecule is COc1ccc(CN2CCNC(=O)C2CC(=O)NC2CC2)c(OC)c1. The second-order valence-electron chi connectivity index (χ2n) is 6.50. The third kappa shape index (κ3) is 4.42. The Hall–Kier alpha value is -2.28. The lowest BCUT2D eigenvalue weighted by Gasteiger charge is -2.35. The monoisotopic (exact) mass is 347 g/mol. The Balaban J connectivity index is 1.71. The van der Waals surface area contributed by atoms with Gasteiger partial charge >= 0.3 is 0 Å². The number of nitrogens with zero attached hydrogens (tertiary/aromatic N) is 1. The summed E-state index contributed by atoms with van der Waals surface area (Å²) in [7, 11) is 3.22. The van der Waals surface area contributed by atoms with Crippen LogP contribution in [-0.4, -0.2) is 56.1 Å². The van der Waals surface area contributed by atoms with E-state index in [0.717, 1.165) is 24.2 Å². The van der Waals surface area contributed by atoms with E-state index in [0.29, 0.717) is 31.4 Å². The lowest BCUT2D eigenvalue weighted by molar-refractivity contribution is -0.134. The van der Waals surface area contributed by atoms with Gasteiger partial charge in [-0.1, -0.05) is 6.07 Å². The van der Waals surface area contributed by atoms with E-state index in [-0.39, 0.29) is 18.2 Å². The maximum atomic E-state index is 12.3. The van der Waals surface area contributed by atoms with Crippen molar-refractivity contribution in [3.05, 3.63) is 23.8 Å². The zero-order valence-electron chi connectivity index (χ0n) is 14.7. The molecule has 2 aliphatic rings. The molecule has 1 aromatic carbocycles. The van der Waals surface area contributed by atoms with Gasteiger partial charge in [0.1, 0.15) is 11.5 Å². The van der Waals surface area contributed by atoms with Gasteiger partial charge in [-0.05, 0) is 18.9 Å². The van der Waals surface area contributed by atoms with Crippen LogP contribution >= 0.6 is 0 Å². The van der Waals surface area contributed by atoms with Crippen LogP contribution in [0.25, 0.3) is 0 Å². The lowest BCUT2D eigenvalue weighted by atomic mass is 10.1. The average molecular weight is 347 g/mol. The van der Waals surface area contributed by atoms with Crippen LogP contribution in [-0.2, 0) is 16.1 Å². The van der Waals surface area contributed by atoms with Gasteiger partial charge in [0.2, 0.25) is 11.8 Å². The highest BCUT2D eigenvalue weighted by molar-refractivity contribution is 5.89. The number of hydrogen-bond donors (Lipinski definition) is 2. The Morgan fingerprint density at radius 1 is 1.32 bits per heavy atom. The molecule has 1 saturated carbocycles. The van der Waals surface area contributed by atoms with Crippen LogP contribution in [0, 0.1) is 0 Å². The zero-order valence-corrected chi connectivity index (χ0v) is 14.7. The highest BCUT2D eigenvalue weighted by atomic mass is 16.5. The number of benzene rings is 1. The first kappa shape index (κ1) is 17.5. The molecule has 1 aliphatic heterocycles. The van der Waals surface area contributed by atoms with E-state index in [1.54, 1.807) is 14.2 Å². The summed E-state index contributed by atoms with van der Waals surface area (Å²) in [5.74, 6) is 1.28. The van der Waals surface area contributed by atoms with Crippen LogP contribution in [0.2, 0.25) is 0 Å². The first-order valence-corrected chi connectivity index (χ1v) is 8.62. The van der Waals surface area contributed by atoms with Crippen LogP contribution in [0.3, 0.4) is 0 Å². The van der Waals surface area contributed by atoms with Gasteiger partial charge in [0.05, 0.1) is 26.7 Å². The second-order valence-corrected chi connectivity index (χ2v) is 6.50. The molecule has 3 rings (SSSR count). The molecule has 7 heteroatoms. The average Bonchev–Trinajstić information content (AvgIpc) is 3.42. The summed E-state index contributed by atoms with van der Waals surface area (Å²) in [5.41, 5.74) is 0.964. The minimum Gasteiger partial charge on any atom is -0.497 e. The number of rotatable bonds is 7. The fourth-order valence-corrected chi connectivity index (χ4v) is 3.06. The molecule has 0 radical (unpaired) electrons. The van der Waals surface area contributed by atoms with Crippen molar-refractivity contribution < 1.29 is 19.1 Å². The molecule has 2 N–H and O–H groups in total. The number of amides is 2. The molecule has 25 heavy (non-hydrogen) atoms. The van der Waals surface area contributed by atoms with E-state index >= 15 is 0 Å². The van der Waals surface area contributed by atoms with Gasteiger partial charge in [-0.15, -0.1) is 0 Å². The van der Waals surface area contributed by atoms with Crippen molar-refractivity contribution >= 4 is 11.8 Å². The predicted octanol–water partition coefficient (Wildman–Crippen LogP) is 0.673. The largest absolute Gasteiger partial charge is 0.497 e. The van der Waals surface area contributed by atoms with Crippen LogP contribution in [0.5, 0.6) is 11.5 Å². The first-order valence-electron chi connectivity index (χ1n) is 8.62. The summed E-state index contributed by atoms with van der Waals surface area (Å²) in [6, 6.07) is 5.48. The van der Waals surface area contributed by atoms with Gasteiger partial charge in [-0.2, -0.15) is 0 Å². The topological polar surface area (TPSA) is 79.9 Å². The quantitative estimate of drug-likeness (QED) is 0.758. The summed E-state index contributed by atoms with van der Waals surface area (Å²) >= 11 is 0. The fourth-order valence-electron chi connectivity index (χ4n) is 3.06. The van der Waals surface area contributed by atoms with Gasteiger partial charge < -0.3 is 20.1 Å². The van der Waals surface area contributed by atoms with Crippen molar-refractivity contribution in [3.8, 4) is 11.5 Å². The molecule has 7 nitrogen and oxygen atoms in total. The molecule has 1 atom stereocenters. The van der Waals surface area contributed by atoms with Crippen LogP contribution in [0.1, 0.15) is 24.8 Å². The molecule has 1 unspecified atom stereocenters. The third-order valence-electron chi connectivity index (χ3n) is 4.63. The molecule has 136 valence electrons. The Bertz CT molecular complexity index is 645. The first-order chi connectivity index (χ1) is 12.1. The maximum absolute atomic E-state index is 12.3. The lowest BCUT2D eigenvalue weighted by Crippen LogP contribution is -2.56. The predicted molar refractivity (Wildman–Crippen MR) is 92.5 cm³/mol. The van der Waals surface area contributed by atoms with Gasteiger partial charge in [0.25, 0.3) is 0 Å². The number of carbonyl (C=O) groups is 2. The molecule has 1 heterocycles. The van der Waals surface area contributed by atoms with Crippen molar-refractivity contribution in [2.75, 3.05) is 27.3 Å².